The first-order valence-corrected chi connectivity index (χ1v) is 4.95. The van der Waals surface area contributed by atoms with E-state index in [1.165, 1.54) is 6.07 Å². The van der Waals surface area contributed by atoms with Crippen LogP contribution in [0.3, 0.4) is 0 Å². The van der Waals surface area contributed by atoms with Crippen molar-refractivity contribution in [1.29, 1.82) is 0 Å². The molecule has 0 atom stereocenters. The van der Waals surface area contributed by atoms with Crippen molar-refractivity contribution < 1.29 is 9.50 Å². The van der Waals surface area contributed by atoms with E-state index in [1.54, 1.807) is 29.8 Å². The summed E-state index contributed by atoms with van der Waals surface area (Å²) in [6.07, 6.45) is 0. The summed E-state index contributed by atoms with van der Waals surface area (Å²) in [6.45, 7) is 1.97. The molecule has 0 radical (unpaired) electrons. The van der Waals surface area contributed by atoms with E-state index in [-0.39, 0.29) is 12.4 Å². The number of benzene rings is 1. The zero-order valence-electron chi connectivity index (χ0n) is 8.89. The van der Waals surface area contributed by atoms with Crippen LogP contribution in [0.2, 0.25) is 0 Å². The van der Waals surface area contributed by atoms with Crippen molar-refractivity contribution >= 4 is 0 Å². The van der Waals surface area contributed by atoms with E-state index in [9.17, 15) is 4.39 Å². The summed E-state index contributed by atoms with van der Waals surface area (Å²) < 4.78 is 15.0. The van der Waals surface area contributed by atoms with Crippen molar-refractivity contribution in [3.63, 3.8) is 0 Å². The lowest BCUT2D eigenvalue weighted by atomic mass is 10.2. The second-order valence-corrected chi connectivity index (χ2v) is 3.53. The van der Waals surface area contributed by atoms with Gasteiger partial charge in [-0.25, -0.2) is 9.07 Å². The molecule has 0 unspecified atom stereocenters. The third-order valence-electron chi connectivity index (χ3n) is 2.51. The highest BCUT2D eigenvalue weighted by molar-refractivity contribution is 5.18. The Labute approximate surface area is 92.3 Å². The lowest BCUT2D eigenvalue weighted by Crippen LogP contribution is -2.06. The minimum absolute atomic E-state index is 0.150. The lowest BCUT2D eigenvalue weighted by Gasteiger charge is -2.04. The van der Waals surface area contributed by atoms with E-state index in [4.69, 9.17) is 5.11 Å². The van der Waals surface area contributed by atoms with Gasteiger partial charge in [0, 0.05) is 5.56 Å². The van der Waals surface area contributed by atoms with Gasteiger partial charge in [-0.2, -0.15) is 0 Å². The van der Waals surface area contributed by atoms with Gasteiger partial charge in [0.1, 0.15) is 11.5 Å². The summed E-state index contributed by atoms with van der Waals surface area (Å²) in [5.74, 6) is -0.261. The van der Waals surface area contributed by atoms with Crippen molar-refractivity contribution in [2.75, 3.05) is 0 Å². The molecule has 0 amide bonds. The second kappa shape index (κ2) is 4.40. The van der Waals surface area contributed by atoms with Crippen LogP contribution in [0.25, 0.3) is 0 Å². The van der Waals surface area contributed by atoms with Gasteiger partial charge in [-0.05, 0) is 13.0 Å². The third-order valence-corrected chi connectivity index (χ3v) is 2.51. The van der Waals surface area contributed by atoms with Crippen molar-refractivity contribution in [3.05, 3.63) is 47.0 Å². The molecule has 2 aromatic rings. The highest BCUT2D eigenvalue weighted by Gasteiger charge is 2.09. The number of aliphatic hydroxyl groups excluding tert-OH is 1. The summed E-state index contributed by atoms with van der Waals surface area (Å²) in [5.41, 5.74) is 1.84. The molecule has 1 N–H and O–H groups in total. The highest BCUT2D eigenvalue weighted by atomic mass is 19.1. The quantitative estimate of drug-likeness (QED) is 0.849. The van der Waals surface area contributed by atoms with Gasteiger partial charge in [-0.1, -0.05) is 23.4 Å². The molecule has 2 rings (SSSR count). The molecular weight excluding hydrogens is 209 g/mol. The smallest absolute Gasteiger partial charge is 0.128 e. The summed E-state index contributed by atoms with van der Waals surface area (Å²) >= 11 is 0. The number of halogens is 1. The maximum Gasteiger partial charge on any atom is 0.128 e. The van der Waals surface area contributed by atoms with E-state index < -0.39 is 0 Å². The minimum Gasteiger partial charge on any atom is -0.390 e. The number of rotatable bonds is 3. The molecule has 16 heavy (non-hydrogen) atoms. The minimum atomic E-state index is -0.261. The molecule has 1 aromatic carbocycles. The maximum atomic E-state index is 13.4. The molecule has 4 nitrogen and oxygen atoms in total. The van der Waals surface area contributed by atoms with Gasteiger partial charge in [0.25, 0.3) is 0 Å². The second-order valence-electron chi connectivity index (χ2n) is 3.53. The van der Waals surface area contributed by atoms with Gasteiger partial charge in [0.05, 0.1) is 18.8 Å². The standard InChI is InChI=1S/C11H12FN3O/c1-8-11(7-16)13-14-15(8)6-9-4-2-3-5-10(9)12/h2-5,16H,6-7H2,1H3. The molecule has 0 aliphatic heterocycles. The Kier molecular flexibility index (Phi) is 2.96. The van der Waals surface area contributed by atoms with Gasteiger partial charge in [-0.3, -0.25) is 0 Å². The van der Waals surface area contributed by atoms with Crippen LogP contribution in [0.1, 0.15) is 17.0 Å². The Hall–Kier alpha value is -1.75. The SMILES string of the molecule is Cc1c(CO)nnn1Cc1ccccc1F. The molecule has 0 aliphatic rings. The van der Waals surface area contributed by atoms with Crippen LogP contribution in [0.15, 0.2) is 24.3 Å². The van der Waals surface area contributed by atoms with Crippen molar-refractivity contribution in [2.24, 2.45) is 0 Å². The van der Waals surface area contributed by atoms with Crippen molar-refractivity contribution in [1.82, 2.24) is 15.0 Å². The van der Waals surface area contributed by atoms with Crippen LogP contribution < -0.4 is 0 Å². The average molecular weight is 221 g/mol. The normalized spacial score (nSPS) is 10.7. The Morgan fingerprint density at radius 1 is 1.38 bits per heavy atom. The summed E-state index contributed by atoms with van der Waals surface area (Å²) in [6, 6.07) is 6.54. The van der Waals surface area contributed by atoms with Crippen molar-refractivity contribution in [3.8, 4) is 0 Å². The first kappa shape index (κ1) is 10.8. The van der Waals surface area contributed by atoms with Crippen LogP contribution in [-0.2, 0) is 13.2 Å². The monoisotopic (exact) mass is 221 g/mol. The van der Waals surface area contributed by atoms with E-state index in [0.29, 0.717) is 17.8 Å². The molecule has 5 heteroatoms. The Balaban J connectivity index is 2.27. The van der Waals surface area contributed by atoms with Crippen LogP contribution in [0.4, 0.5) is 4.39 Å². The molecule has 0 spiro atoms. The van der Waals surface area contributed by atoms with Gasteiger partial charge in [0.15, 0.2) is 0 Å². The van der Waals surface area contributed by atoms with Gasteiger partial charge in [0.2, 0.25) is 0 Å². The maximum absolute atomic E-state index is 13.4. The number of aromatic nitrogens is 3. The Morgan fingerprint density at radius 3 is 2.75 bits per heavy atom. The zero-order valence-corrected chi connectivity index (χ0v) is 8.89. The van der Waals surface area contributed by atoms with Crippen LogP contribution >= 0.6 is 0 Å². The average Bonchev–Trinajstić information content (AvgIpc) is 2.63. The van der Waals surface area contributed by atoms with E-state index in [2.05, 4.69) is 10.3 Å². The lowest BCUT2D eigenvalue weighted by molar-refractivity contribution is 0.276. The number of hydrogen-bond acceptors (Lipinski definition) is 3. The molecule has 84 valence electrons. The van der Waals surface area contributed by atoms with Crippen LogP contribution in [-0.4, -0.2) is 20.1 Å². The summed E-state index contributed by atoms with van der Waals surface area (Å²) in [7, 11) is 0. The first-order valence-electron chi connectivity index (χ1n) is 4.95. The van der Waals surface area contributed by atoms with Crippen LogP contribution in [0, 0.1) is 12.7 Å². The van der Waals surface area contributed by atoms with Gasteiger partial charge >= 0.3 is 0 Å². The largest absolute Gasteiger partial charge is 0.390 e. The molecule has 0 fully saturated rings. The number of hydrogen-bond donors (Lipinski definition) is 1. The predicted octanol–water partition coefficient (Wildman–Crippen LogP) is 1.27. The first-order chi connectivity index (χ1) is 7.72. The van der Waals surface area contributed by atoms with Gasteiger partial charge < -0.3 is 5.11 Å². The van der Waals surface area contributed by atoms with E-state index >= 15 is 0 Å². The molecule has 0 saturated heterocycles. The summed E-state index contributed by atoms with van der Waals surface area (Å²) in [5, 5.41) is 16.6. The van der Waals surface area contributed by atoms with E-state index in [0.717, 1.165) is 5.69 Å². The topological polar surface area (TPSA) is 50.9 Å². The highest BCUT2D eigenvalue weighted by Crippen LogP contribution is 2.10. The Bertz CT molecular complexity index is 496. The van der Waals surface area contributed by atoms with Gasteiger partial charge in [-0.15, -0.1) is 5.10 Å². The predicted molar refractivity (Wildman–Crippen MR) is 56.2 cm³/mol. The molecule has 0 bridgehead atoms. The fourth-order valence-corrected chi connectivity index (χ4v) is 1.48. The number of aliphatic hydroxyl groups is 1. The number of nitrogens with zero attached hydrogens (tertiary/aromatic N) is 3. The van der Waals surface area contributed by atoms with Crippen LogP contribution in [0.5, 0.6) is 0 Å². The Morgan fingerprint density at radius 2 is 2.12 bits per heavy atom. The van der Waals surface area contributed by atoms with Crippen molar-refractivity contribution in [2.45, 2.75) is 20.1 Å². The van der Waals surface area contributed by atoms with E-state index in [1.807, 2.05) is 0 Å². The fraction of sp³-hybridized carbons (Fsp3) is 0.273. The third kappa shape index (κ3) is 1.94. The molecule has 1 heterocycles. The fourth-order valence-electron chi connectivity index (χ4n) is 1.48. The molecule has 0 saturated carbocycles. The molecule has 0 aliphatic carbocycles. The summed E-state index contributed by atoms with van der Waals surface area (Å²) in [4.78, 5) is 0. The zero-order chi connectivity index (χ0) is 11.5. The molecule has 1 aromatic heterocycles. The molecular formula is C11H12FN3O.